The molecule has 1 aromatic heterocycles. The molecule has 0 unspecified atom stereocenters. The van der Waals surface area contributed by atoms with Crippen LogP contribution in [0.4, 0.5) is 10.1 Å². The zero-order valence-electron chi connectivity index (χ0n) is 16.7. The molecule has 1 heterocycles. The average molecular weight is 395 g/mol. The highest BCUT2D eigenvalue weighted by Gasteiger charge is 2.33. The fourth-order valence-corrected chi connectivity index (χ4v) is 2.88. The number of nitrogens with zero attached hydrogens (tertiary/aromatic N) is 2. The van der Waals surface area contributed by atoms with E-state index in [0.717, 1.165) is 10.2 Å². The van der Waals surface area contributed by atoms with Crippen molar-refractivity contribution in [3.63, 3.8) is 0 Å². The van der Waals surface area contributed by atoms with Gasteiger partial charge in [0.2, 0.25) is 0 Å². The number of carbonyl (C=O) groups excluding carboxylic acids is 1. The van der Waals surface area contributed by atoms with Crippen LogP contribution in [0.5, 0.6) is 5.75 Å². The molecular weight excluding hydrogens is 373 g/mol. The number of aryl methyl sites for hydroxylation is 1. The maximum atomic E-state index is 13.2. The Labute approximate surface area is 168 Å². The summed E-state index contributed by atoms with van der Waals surface area (Å²) in [6.45, 7) is 5.11. The van der Waals surface area contributed by atoms with Crippen molar-refractivity contribution in [1.29, 1.82) is 0 Å². The van der Waals surface area contributed by atoms with Crippen molar-refractivity contribution in [2.45, 2.75) is 26.3 Å². The molecule has 29 heavy (non-hydrogen) atoms. The molecule has 0 aliphatic heterocycles. The van der Waals surface area contributed by atoms with E-state index in [2.05, 4.69) is 10.4 Å². The Morgan fingerprint density at radius 2 is 1.79 bits per heavy atom. The van der Waals surface area contributed by atoms with Gasteiger partial charge < -0.3 is 10.1 Å². The normalized spacial score (nSPS) is 11.2. The average Bonchev–Trinajstić information content (AvgIpc) is 2.69. The van der Waals surface area contributed by atoms with Crippen LogP contribution in [0.15, 0.2) is 59.4 Å². The molecule has 0 fully saturated rings. The van der Waals surface area contributed by atoms with E-state index < -0.39 is 17.0 Å². The van der Waals surface area contributed by atoms with Crippen LogP contribution in [0.2, 0.25) is 0 Å². The monoisotopic (exact) mass is 395 g/mol. The number of benzene rings is 2. The lowest BCUT2D eigenvalue weighted by Gasteiger charge is -2.26. The topological polar surface area (TPSA) is 73.2 Å². The number of amides is 1. The first kappa shape index (κ1) is 20.3. The molecule has 7 heteroatoms. The molecule has 0 bridgehead atoms. The lowest BCUT2D eigenvalue weighted by molar-refractivity contribution is -0.123. The van der Waals surface area contributed by atoms with Crippen molar-refractivity contribution in [1.82, 2.24) is 9.78 Å². The summed E-state index contributed by atoms with van der Waals surface area (Å²) in [5, 5.41) is 7.18. The van der Waals surface area contributed by atoms with Gasteiger partial charge in [-0.3, -0.25) is 9.59 Å². The van der Waals surface area contributed by atoms with E-state index in [1.807, 2.05) is 13.0 Å². The first-order valence-corrected chi connectivity index (χ1v) is 9.05. The standard InChI is InChI=1S/C22H22FN3O3/c1-14-5-11-19(29-4)18(13-14)24-21(28)22(2,3)26-20(27)12-10-17(25-26)15-6-8-16(23)9-7-15/h5-13H,1-4H3,(H,24,28). The molecule has 1 N–H and O–H groups in total. The first-order valence-electron chi connectivity index (χ1n) is 9.05. The van der Waals surface area contributed by atoms with Gasteiger partial charge in [0.1, 0.15) is 17.1 Å². The predicted molar refractivity (Wildman–Crippen MR) is 110 cm³/mol. The summed E-state index contributed by atoms with van der Waals surface area (Å²) >= 11 is 0. The fourth-order valence-electron chi connectivity index (χ4n) is 2.88. The molecule has 0 aliphatic carbocycles. The molecule has 0 atom stereocenters. The molecule has 0 saturated heterocycles. The SMILES string of the molecule is COc1ccc(C)cc1NC(=O)C(C)(C)n1nc(-c2ccc(F)cc2)ccc1=O. The van der Waals surface area contributed by atoms with Crippen LogP contribution in [0.1, 0.15) is 19.4 Å². The number of ether oxygens (including phenoxy) is 1. The molecule has 6 nitrogen and oxygen atoms in total. The van der Waals surface area contributed by atoms with Gasteiger partial charge in [0.15, 0.2) is 0 Å². The number of halogens is 1. The third kappa shape index (κ3) is 4.18. The third-order valence-electron chi connectivity index (χ3n) is 4.63. The van der Waals surface area contributed by atoms with Crippen molar-refractivity contribution in [3.05, 3.63) is 76.3 Å². The van der Waals surface area contributed by atoms with Crippen LogP contribution in [0.25, 0.3) is 11.3 Å². The molecular formula is C22H22FN3O3. The zero-order chi connectivity index (χ0) is 21.2. The molecule has 0 saturated carbocycles. The molecule has 0 radical (unpaired) electrons. The van der Waals surface area contributed by atoms with Crippen LogP contribution in [-0.4, -0.2) is 22.8 Å². The number of hydrogen-bond acceptors (Lipinski definition) is 4. The lowest BCUT2D eigenvalue weighted by Crippen LogP contribution is -2.47. The van der Waals surface area contributed by atoms with Crippen molar-refractivity contribution in [3.8, 4) is 17.0 Å². The van der Waals surface area contributed by atoms with Gasteiger partial charge in [-0.05, 0) is 68.8 Å². The van der Waals surface area contributed by atoms with E-state index in [9.17, 15) is 14.0 Å². The van der Waals surface area contributed by atoms with E-state index in [1.165, 1.54) is 25.3 Å². The minimum atomic E-state index is -1.29. The number of aromatic nitrogens is 2. The lowest BCUT2D eigenvalue weighted by atomic mass is 10.0. The molecule has 150 valence electrons. The number of methoxy groups -OCH3 is 1. The molecule has 1 amide bonds. The van der Waals surface area contributed by atoms with Crippen LogP contribution in [-0.2, 0) is 10.3 Å². The van der Waals surface area contributed by atoms with Gasteiger partial charge in [-0.2, -0.15) is 5.10 Å². The number of anilines is 1. The van der Waals surface area contributed by atoms with E-state index in [4.69, 9.17) is 4.74 Å². The highest BCUT2D eigenvalue weighted by molar-refractivity contribution is 5.97. The summed E-state index contributed by atoms with van der Waals surface area (Å²) in [5.41, 5.74) is 0.838. The van der Waals surface area contributed by atoms with Gasteiger partial charge in [0.25, 0.3) is 11.5 Å². The molecule has 2 aromatic carbocycles. The summed E-state index contributed by atoms with van der Waals surface area (Å²) in [5.74, 6) is -0.277. The number of carbonyl (C=O) groups is 1. The first-order chi connectivity index (χ1) is 13.7. The van der Waals surface area contributed by atoms with Crippen LogP contribution < -0.4 is 15.6 Å². The van der Waals surface area contributed by atoms with E-state index >= 15 is 0 Å². The highest BCUT2D eigenvalue weighted by Crippen LogP contribution is 2.27. The maximum Gasteiger partial charge on any atom is 0.267 e. The van der Waals surface area contributed by atoms with Gasteiger partial charge in [-0.1, -0.05) is 6.07 Å². The Morgan fingerprint density at radius 3 is 2.45 bits per heavy atom. The van der Waals surface area contributed by atoms with Gasteiger partial charge in [0.05, 0.1) is 18.5 Å². The molecule has 0 aliphatic rings. The second-order valence-electron chi connectivity index (χ2n) is 7.19. The Morgan fingerprint density at radius 1 is 1.10 bits per heavy atom. The van der Waals surface area contributed by atoms with Gasteiger partial charge >= 0.3 is 0 Å². The quantitative estimate of drug-likeness (QED) is 0.714. The van der Waals surface area contributed by atoms with Crippen LogP contribution in [0.3, 0.4) is 0 Å². The van der Waals surface area contributed by atoms with Gasteiger partial charge in [-0.25, -0.2) is 9.07 Å². The van der Waals surface area contributed by atoms with E-state index in [1.54, 1.807) is 44.2 Å². The van der Waals surface area contributed by atoms with Crippen LogP contribution in [0, 0.1) is 12.7 Å². The number of nitrogens with one attached hydrogen (secondary N) is 1. The zero-order valence-corrected chi connectivity index (χ0v) is 16.7. The summed E-state index contributed by atoms with van der Waals surface area (Å²) in [7, 11) is 1.52. The van der Waals surface area contributed by atoms with Gasteiger partial charge in [0, 0.05) is 11.6 Å². The maximum absolute atomic E-state index is 13.2. The Balaban J connectivity index is 1.97. The van der Waals surface area contributed by atoms with E-state index in [-0.39, 0.29) is 5.82 Å². The molecule has 3 rings (SSSR count). The summed E-state index contributed by atoms with van der Waals surface area (Å²) in [6, 6.07) is 14.1. The van der Waals surface area contributed by atoms with Crippen molar-refractivity contribution in [2.24, 2.45) is 0 Å². The summed E-state index contributed by atoms with van der Waals surface area (Å²) in [4.78, 5) is 25.5. The summed E-state index contributed by atoms with van der Waals surface area (Å²) < 4.78 is 19.6. The van der Waals surface area contributed by atoms with Crippen molar-refractivity contribution >= 4 is 11.6 Å². The predicted octanol–water partition coefficient (Wildman–Crippen LogP) is 3.74. The van der Waals surface area contributed by atoms with Crippen molar-refractivity contribution < 1.29 is 13.9 Å². The Bertz CT molecular complexity index is 1110. The third-order valence-corrected chi connectivity index (χ3v) is 4.63. The smallest absolute Gasteiger partial charge is 0.267 e. The molecule has 0 spiro atoms. The highest BCUT2D eigenvalue weighted by atomic mass is 19.1. The van der Waals surface area contributed by atoms with Crippen LogP contribution >= 0.6 is 0 Å². The Hall–Kier alpha value is -3.48. The number of rotatable bonds is 5. The van der Waals surface area contributed by atoms with E-state index in [0.29, 0.717) is 22.7 Å². The Kier molecular flexibility index (Phi) is 5.50. The van der Waals surface area contributed by atoms with Gasteiger partial charge in [-0.15, -0.1) is 0 Å². The second-order valence-corrected chi connectivity index (χ2v) is 7.19. The van der Waals surface area contributed by atoms with Crippen molar-refractivity contribution in [2.75, 3.05) is 12.4 Å². The summed E-state index contributed by atoms with van der Waals surface area (Å²) in [6.07, 6.45) is 0. The minimum Gasteiger partial charge on any atom is -0.495 e. The fraction of sp³-hybridized carbons (Fsp3) is 0.227. The number of hydrogen-bond donors (Lipinski definition) is 1. The second kappa shape index (κ2) is 7.87. The molecule has 3 aromatic rings. The minimum absolute atomic E-state index is 0.367. The largest absolute Gasteiger partial charge is 0.495 e.